The van der Waals surface area contributed by atoms with Gasteiger partial charge in [-0.1, -0.05) is 18.2 Å². The lowest BCUT2D eigenvalue weighted by molar-refractivity contribution is -0.122. The van der Waals surface area contributed by atoms with Gasteiger partial charge in [-0.25, -0.2) is 4.90 Å². The van der Waals surface area contributed by atoms with Crippen LogP contribution < -0.4 is 10.2 Å². The summed E-state index contributed by atoms with van der Waals surface area (Å²) in [5, 5.41) is 3.34. The zero-order valence-electron chi connectivity index (χ0n) is 12.2. The van der Waals surface area contributed by atoms with Crippen LogP contribution in [0.25, 0.3) is 0 Å². The number of carbonyl (C=O) groups excluding carboxylic acids is 2. The summed E-state index contributed by atoms with van der Waals surface area (Å²) in [6.07, 6.45) is 2.14. The van der Waals surface area contributed by atoms with Crippen LogP contribution in [-0.2, 0) is 14.3 Å². The van der Waals surface area contributed by atoms with Crippen molar-refractivity contribution in [3.63, 3.8) is 0 Å². The lowest BCUT2D eigenvalue weighted by atomic mass is 9.93. The van der Waals surface area contributed by atoms with E-state index >= 15 is 0 Å². The molecular weight excluding hydrogens is 268 g/mol. The summed E-state index contributed by atoms with van der Waals surface area (Å²) in [5.74, 6) is -0.318. The molecular formula is C16H20N2O3. The second kappa shape index (κ2) is 5.58. The second-order valence-corrected chi connectivity index (χ2v) is 6.02. The van der Waals surface area contributed by atoms with E-state index in [-0.39, 0.29) is 23.8 Å². The lowest BCUT2D eigenvalue weighted by Gasteiger charge is -2.36. The summed E-state index contributed by atoms with van der Waals surface area (Å²) < 4.78 is 5.50. The minimum Gasteiger partial charge on any atom is -0.380 e. The molecule has 21 heavy (non-hydrogen) atoms. The van der Waals surface area contributed by atoms with Crippen molar-refractivity contribution in [3.05, 3.63) is 30.3 Å². The van der Waals surface area contributed by atoms with Crippen molar-refractivity contribution in [1.82, 2.24) is 5.32 Å². The average Bonchev–Trinajstić information content (AvgIpc) is 2.74. The Morgan fingerprint density at radius 2 is 2.05 bits per heavy atom. The van der Waals surface area contributed by atoms with Crippen LogP contribution >= 0.6 is 0 Å². The number of nitrogens with zero attached hydrogens (tertiary/aromatic N) is 1. The summed E-state index contributed by atoms with van der Waals surface area (Å²) in [5.41, 5.74) is 0.410. The first-order valence-electron chi connectivity index (χ1n) is 7.36. The van der Waals surface area contributed by atoms with E-state index in [1.165, 1.54) is 4.90 Å². The van der Waals surface area contributed by atoms with Gasteiger partial charge in [0.1, 0.15) is 0 Å². The summed E-state index contributed by atoms with van der Waals surface area (Å²) >= 11 is 0. The van der Waals surface area contributed by atoms with Crippen LogP contribution in [0.2, 0.25) is 0 Å². The Morgan fingerprint density at radius 1 is 1.29 bits per heavy atom. The highest BCUT2D eigenvalue weighted by Gasteiger charge is 2.43. The van der Waals surface area contributed by atoms with E-state index in [0.29, 0.717) is 12.3 Å². The minimum atomic E-state index is -0.454. The minimum absolute atomic E-state index is 0.149. The van der Waals surface area contributed by atoms with E-state index in [4.69, 9.17) is 4.74 Å². The van der Waals surface area contributed by atoms with Gasteiger partial charge in [0, 0.05) is 12.1 Å². The van der Waals surface area contributed by atoms with Crippen LogP contribution in [0.5, 0.6) is 0 Å². The number of carbonyl (C=O) groups is 2. The van der Waals surface area contributed by atoms with Gasteiger partial charge >= 0.3 is 0 Å². The molecule has 1 aromatic carbocycles. The van der Waals surface area contributed by atoms with Crippen molar-refractivity contribution in [2.45, 2.75) is 37.8 Å². The molecule has 2 atom stereocenters. The fraction of sp³-hybridized carbons (Fsp3) is 0.500. The number of nitrogens with one attached hydrogen (secondary N) is 1. The first-order valence-corrected chi connectivity index (χ1v) is 7.36. The largest absolute Gasteiger partial charge is 0.380 e. The molecule has 112 valence electrons. The van der Waals surface area contributed by atoms with E-state index in [0.717, 1.165) is 19.4 Å². The first kappa shape index (κ1) is 14.2. The van der Waals surface area contributed by atoms with Crippen molar-refractivity contribution in [2.24, 2.45) is 0 Å². The van der Waals surface area contributed by atoms with Crippen LogP contribution in [0.4, 0.5) is 5.69 Å². The molecule has 0 bridgehead atoms. The van der Waals surface area contributed by atoms with E-state index < -0.39 is 6.04 Å². The number of ether oxygens (including phenoxy) is 1. The third kappa shape index (κ3) is 2.84. The molecule has 1 N–H and O–H groups in total. The molecule has 2 unspecified atom stereocenters. The Labute approximate surface area is 124 Å². The molecule has 2 aliphatic heterocycles. The van der Waals surface area contributed by atoms with Gasteiger partial charge < -0.3 is 4.74 Å². The molecule has 0 spiro atoms. The molecule has 3 rings (SSSR count). The molecule has 1 aromatic rings. The number of benzene rings is 1. The molecule has 2 fully saturated rings. The standard InChI is InChI=1S/C16H20N2O3/c1-16(8-5-9-21-11-16)17-13-10-14(19)18(15(13)20)12-6-3-2-4-7-12/h2-4,6-7,13,17H,5,8-11H2,1H3. The third-order valence-corrected chi connectivity index (χ3v) is 4.12. The van der Waals surface area contributed by atoms with Gasteiger partial charge in [-0.2, -0.15) is 0 Å². The van der Waals surface area contributed by atoms with Crippen molar-refractivity contribution in [1.29, 1.82) is 0 Å². The number of para-hydroxylation sites is 1. The number of imide groups is 1. The first-order chi connectivity index (χ1) is 10.1. The van der Waals surface area contributed by atoms with Crippen LogP contribution in [0.1, 0.15) is 26.2 Å². The Bertz CT molecular complexity index is 538. The smallest absolute Gasteiger partial charge is 0.251 e. The molecule has 5 nitrogen and oxygen atoms in total. The molecule has 2 aliphatic rings. The molecule has 2 amide bonds. The van der Waals surface area contributed by atoms with E-state index in [1.807, 2.05) is 18.2 Å². The third-order valence-electron chi connectivity index (χ3n) is 4.12. The monoisotopic (exact) mass is 288 g/mol. The highest BCUT2D eigenvalue weighted by Crippen LogP contribution is 2.26. The molecule has 0 radical (unpaired) electrons. The molecule has 2 saturated heterocycles. The van der Waals surface area contributed by atoms with E-state index in [9.17, 15) is 9.59 Å². The van der Waals surface area contributed by atoms with E-state index in [2.05, 4.69) is 12.2 Å². The maximum Gasteiger partial charge on any atom is 0.251 e. The van der Waals surface area contributed by atoms with Crippen molar-refractivity contribution < 1.29 is 14.3 Å². The van der Waals surface area contributed by atoms with Crippen LogP contribution in [0.3, 0.4) is 0 Å². The van der Waals surface area contributed by atoms with Gasteiger partial charge in [-0.3, -0.25) is 14.9 Å². The fourth-order valence-corrected chi connectivity index (χ4v) is 3.06. The highest BCUT2D eigenvalue weighted by molar-refractivity contribution is 6.22. The van der Waals surface area contributed by atoms with E-state index in [1.54, 1.807) is 12.1 Å². The van der Waals surface area contributed by atoms with Gasteiger partial charge in [-0.05, 0) is 31.9 Å². The van der Waals surface area contributed by atoms with Gasteiger partial charge in [0.05, 0.1) is 24.8 Å². The Balaban J connectivity index is 1.74. The highest BCUT2D eigenvalue weighted by atomic mass is 16.5. The van der Waals surface area contributed by atoms with Crippen molar-refractivity contribution >= 4 is 17.5 Å². The average molecular weight is 288 g/mol. The Kier molecular flexibility index (Phi) is 3.78. The van der Waals surface area contributed by atoms with Crippen molar-refractivity contribution in [3.8, 4) is 0 Å². The van der Waals surface area contributed by atoms with Crippen LogP contribution in [0, 0.1) is 0 Å². The molecule has 5 heteroatoms. The molecule has 0 aliphatic carbocycles. The van der Waals surface area contributed by atoms with Gasteiger partial charge in [0.2, 0.25) is 5.91 Å². The Morgan fingerprint density at radius 3 is 2.71 bits per heavy atom. The predicted molar refractivity (Wildman–Crippen MR) is 78.9 cm³/mol. The number of rotatable bonds is 3. The number of anilines is 1. The summed E-state index contributed by atoms with van der Waals surface area (Å²) in [4.78, 5) is 26.0. The summed E-state index contributed by atoms with van der Waals surface area (Å²) in [6.45, 7) is 3.40. The lowest BCUT2D eigenvalue weighted by Crippen LogP contribution is -2.55. The van der Waals surface area contributed by atoms with Gasteiger partial charge in [0.25, 0.3) is 5.91 Å². The van der Waals surface area contributed by atoms with Crippen molar-refractivity contribution in [2.75, 3.05) is 18.1 Å². The van der Waals surface area contributed by atoms with Crippen LogP contribution in [0.15, 0.2) is 30.3 Å². The summed E-state index contributed by atoms with van der Waals surface area (Å²) in [6, 6.07) is 8.63. The number of hydrogen-bond donors (Lipinski definition) is 1. The fourth-order valence-electron chi connectivity index (χ4n) is 3.06. The topological polar surface area (TPSA) is 58.6 Å². The number of hydrogen-bond acceptors (Lipinski definition) is 4. The maximum absolute atomic E-state index is 12.5. The zero-order chi connectivity index (χ0) is 14.9. The molecule has 0 aromatic heterocycles. The summed E-state index contributed by atoms with van der Waals surface area (Å²) in [7, 11) is 0. The zero-order valence-corrected chi connectivity index (χ0v) is 12.2. The van der Waals surface area contributed by atoms with Crippen LogP contribution in [-0.4, -0.2) is 36.6 Å². The molecule has 2 heterocycles. The predicted octanol–water partition coefficient (Wildman–Crippen LogP) is 1.48. The maximum atomic E-state index is 12.5. The quantitative estimate of drug-likeness (QED) is 0.856. The van der Waals surface area contributed by atoms with Gasteiger partial charge in [-0.15, -0.1) is 0 Å². The normalized spacial score (nSPS) is 30.0. The molecule has 0 saturated carbocycles. The SMILES string of the molecule is CC1(NC2CC(=O)N(c3ccccc3)C2=O)CCCOC1. The Hall–Kier alpha value is -1.72. The second-order valence-electron chi connectivity index (χ2n) is 6.02. The van der Waals surface area contributed by atoms with Gasteiger partial charge in [0.15, 0.2) is 0 Å². The number of amides is 2.